The van der Waals surface area contributed by atoms with Gasteiger partial charge < -0.3 is 24.1 Å². The van der Waals surface area contributed by atoms with Crippen LogP contribution in [0, 0.1) is 11.3 Å². The number of hydrogen-bond donors (Lipinski definition) is 1. The number of fused-ring (bicyclic) bond motifs is 1. The van der Waals surface area contributed by atoms with Gasteiger partial charge in [-0.05, 0) is 48.5 Å². The van der Waals surface area contributed by atoms with Gasteiger partial charge in [0, 0.05) is 0 Å². The predicted molar refractivity (Wildman–Crippen MR) is 97.2 cm³/mol. The molecule has 2 fully saturated rings. The zero-order valence-electron chi connectivity index (χ0n) is 15.2. The highest BCUT2D eigenvalue weighted by atomic mass is 16.7. The van der Waals surface area contributed by atoms with Crippen LogP contribution in [0.15, 0.2) is 48.5 Å². The number of rotatable bonds is 4. The molecule has 4 rings (SSSR count). The number of carbonyl (C=O) groups is 2. The molecule has 8 heteroatoms. The lowest BCUT2D eigenvalue weighted by molar-refractivity contribution is -0.0287. The molecule has 8 nitrogen and oxygen atoms in total. The molecule has 0 aromatic heterocycles. The number of phenolic OH excluding ortho intramolecular Hbond substituents is 1. The number of esters is 2. The third-order valence-electron chi connectivity index (χ3n) is 4.83. The number of carbonyl (C=O) groups excluding carboxylic acids is 2. The van der Waals surface area contributed by atoms with E-state index >= 15 is 0 Å². The van der Waals surface area contributed by atoms with E-state index in [0.717, 1.165) is 0 Å². The SMILES string of the molecule is N#Cc1ccc(C(=O)OC2COC3C(OC(=O)c4ccc(O)cc4)COC23)cc1. The Labute approximate surface area is 166 Å². The van der Waals surface area contributed by atoms with Gasteiger partial charge in [0.1, 0.15) is 18.0 Å². The summed E-state index contributed by atoms with van der Waals surface area (Å²) in [5, 5.41) is 18.1. The third kappa shape index (κ3) is 3.92. The summed E-state index contributed by atoms with van der Waals surface area (Å²) in [6, 6.07) is 13.8. The molecule has 0 bridgehead atoms. The van der Waals surface area contributed by atoms with E-state index in [9.17, 15) is 14.7 Å². The maximum absolute atomic E-state index is 12.3. The maximum Gasteiger partial charge on any atom is 0.338 e. The minimum Gasteiger partial charge on any atom is -0.508 e. The first-order chi connectivity index (χ1) is 14.0. The molecule has 2 aromatic rings. The topological polar surface area (TPSA) is 115 Å². The first kappa shape index (κ1) is 18.9. The second-order valence-corrected chi connectivity index (χ2v) is 6.72. The lowest BCUT2D eigenvalue weighted by atomic mass is 10.1. The van der Waals surface area contributed by atoms with Gasteiger partial charge in [-0.25, -0.2) is 9.59 Å². The Morgan fingerprint density at radius 1 is 0.862 bits per heavy atom. The predicted octanol–water partition coefficient (Wildman–Crippen LogP) is 1.81. The number of nitriles is 1. The molecule has 0 spiro atoms. The highest BCUT2D eigenvalue weighted by Crippen LogP contribution is 2.31. The quantitative estimate of drug-likeness (QED) is 0.780. The van der Waals surface area contributed by atoms with Gasteiger partial charge in [-0.1, -0.05) is 0 Å². The van der Waals surface area contributed by atoms with Crippen molar-refractivity contribution < 1.29 is 33.6 Å². The summed E-state index contributed by atoms with van der Waals surface area (Å²) in [6.45, 7) is 0.259. The van der Waals surface area contributed by atoms with Crippen LogP contribution in [-0.2, 0) is 18.9 Å². The van der Waals surface area contributed by atoms with Crippen LogP contribution >= 0.6 is 0 Å². The lowest BCUT2D eigenvalue weighted by Gasteiger charge is -2.17. The zero-order chi connectivity index (χ0) is 20.4. The van der Waals surface area contributed by atoms with Crippen molar-refractivity contribution in [3.63, 3.8) is 0 Å². The van der Waals surface area contributed by atoms with Crippen molar-refractivity contribution in [3.8, 4) is 11.8 Å². The summed E-state index contributed by atoms with van der Waals surface area (Å²) in [5.41, 5.74) is 1.07. The number of benzene rings is 2. The number of aromatic hydroxyl groups is 1. The highest BCUT2D eigenvalue weighted by molar-refractivity contribution is 5.90. The molecular weight excluding hydrogens is 378 g/mol. The lowest BCUT2D eigenvalue weighted by Crippen LogP contribution is -2.36. The van der Waals surface area contributed by atoms with Gasteiger partial charge >= 0.3 is 11.9 Å². The van der Waals surface area contributed by atoms with E-state index < -0.39 is 36.4 Å². The van der Waals surface area contributed by atoms with Gasteiger partial charge in [0.25, 0.3) is 0 Å². The maximum atomic E-state index is 12.3. The van der Waals surface area contributed by atoms with Crippen LogP contribution in [0.25, 0.3) is 0 Å². The van der Waals surface area contributed by atoms with E-state index in [1.165, 1.54) is 48.5 Å². The molecule has 2 aliphatic rings. The van der Waals surface area contributed by atoms with Crippen molar-refractivity contribution in [2.45, 2.75) is 24.4 Å². The second-order valence-electron chi connectivity index (χ2n) is 6.72. The molecular formula is C21H17NO7. The van der Waals surface area contributed by atoms with Crippen LogP contribution in [0.4, 0.5) is 0 Å². The normalized spacial score (nSPS) is 25.1. The van der Waals surface area contributed by atoms with E-state index in [2.05, 4.69) is 0 Å². The van der Waals surface area contributed by atoms with Gasteiger partial charge in [-0.15, -0.1) is 0 Å². The Morgan fingerprint density at radius 2 is 1.31 bits per heavy atom. The van der Waals surface area contributed by atoms with E-state index in [1.54, 1.807) is 0 Å². The van der Waals surface area contributed by atoms with Crippen LogP contribution in [-0.4, -0.2) is 54.7 Å². The number of nitrogens with zero attached hydrogens (tertiary/aromatic N) is 1. The average Bonchev–Trinajstić information content (AvgIpc) is 3.32. The number of ether oxygens (including phenoxy) is 4. The molecule has 2 heterocycles. The largest absolute Gasteiger partial charge is 0.508 e. The van der Waals surface area contributed by atoms with Gasteiger partial charge in [-0.2, -0.15) is 5.26 Å². The highest BCUT2D eigenvalue weighted by Gasteiger charge is 2.51. The molecule has 2 aliphatic heterocycles. The van der Waals surface area contributed by atoms with Crippen molar-refractivity contribution in [1.82, 2.24) is 0 Å². The first-order valence-electron chi connectivity index (χ1n) is 8.99. The van der Waals surface area contributed by atoms with Crippen molar-refractivity contribution in [3.05, 3.63) is 65.2 Å². The van der Waals surface area contributed by atoms with Crippen LogP contribution < -0.4 is 0 Å². The molecule has 29 heavy (non-hydrogen) atoms. The van der Waals surface area contributed by atoms with E-state index in [4.69, 9.17) is 24.2 Å². The third-order valence-corrected chi connectivity index (χ3v) is 4.83. The summed E-state index contributed by atoms with van der Waals surface area (Å²) in [4.78, 5) is 24.6. The summed E-state index contributed by atoms with van der Waals surface area (Å²) in [7, 11) is 0. The Balaban J connectivity index is 1.36. The van der Waals surface area contributed by atoms with Crippen LogP contribution in [0.5, 0.6) is 5.75 Å². The smallest absolute Gasteiger partial charge is 0.338 e. The average molecular weight is 395 g/mol. The van der Waals surface area contributed by atoms with E-state index in [1.807, 2.05) is 6.07 Å². The Bertz CT molecular complexity index is 948. The van der Waals surface area contributed by atoms with Gasteiger partial charge in [0.15, 0.2) is 12.2 Å². The minimum atomic E-state index is -0.625. The van der Waals surface area contributed by atoms with Gasteiger partial charge in [0.2, 0.25) is 0 Å². The Kier molecular flexibility index (Phi) is 5.16. The summed E-state index contributed by atoms with van der Waals surface area (Å²) >= 11 is 0. The Morgan fingerprint density at radius 3 is 1.76 bits per heavy atom. The van der Waals surface area contributed by atoms with E-state index in [-0.39, 0.29) is 19.0 Å². The number of hydrogen-bond acceptors (Lipinski definition) is 8. The first-order valence-corrected chi connectivity index (χ1v) is 8.99. The van der Waals surface area contributed by atoms with Crippen LogP contribution in [0.1, 0.15) is 26.3 Å². The molecule has 2 aromatic carbocycles. The fraction of sp³-hybridized carbons (Fsp3) is 0.286. The molecule has 4 atom stereocenters. The molecule has 148 valence electrons. The fourth-order valence-electron chi connectivity index (χ4n) is 3.32. The summed E-state index contributed by atoms with van der Waals surface area (Å²) in [6.07, 6.45) is -2.31. The summed E-state index contributed by atoms with van der Waals surface area (Å²) < 4.78 is 22.3. The van der Waals surface area contributed by atoms with Crippen molar-refractivity contribution in [2.75, 3.05) is 13.2 Å². The minimum absolute atomic E-state index is 0.0526. The Hall–Kier alpha value is -3.41. The molecule has 2 saturated heterocycles. The van der Waals surface area contributed by atoms with Gasteiger partial charge in [-0.3, -0.25) is 0 Å². The van der Waals surface area contributed by atoms with Gasteiger partial charge in [0.05, 0.1) is 36.0 Å². The molecule has 1 N–H and O–H groups in total. The van der Waals surface area contributed by atoms with Crippen LogP contribution in [0.2, 0.25) is 0 Å². The zero-order valence-corrected chi connectivity index (χ0v) is 15.2. The fourth-order valence-corrected chi connectivity index (χ4v) is 3.32. The van der Waals surface area contributed by atoms with Crippen LogP contribution in [0.3, 0.4) is 0 Å². The molecule has 4 unspecified atom stereocenters. The van der Waals surface area contributed by atoms with Crippen molar-refractivity contribution in [1.29, 1.82) is 5.26 Å². The van der Waals surface area contributed by atoms with Crippen molar-refractivity contribution >= 4 is 11.9 Å². The molecule has 0 saturated carbocycles. The molecule has 0 amide bonds. The van der Waals surface area contributed by atoms with E-state index in [0.29, 0.717) is 16.7 Å². The molecule has 0 radical (unpaired) electrons. The molecule has 0 aliphatic carbocycles. The van der Waals surface area contributed by atoms with Crippen molar-refractivity contribution in [2.24, 2.45) is 0 Å². The standard InChI is InChI=1S/C21H17NO7/c22-9-12-1-3-13(4-2-12)20(24)28-16-10-26-19-17(11-27-18(16)19)29-21(25)14-5-7-15(23)8-6-14/h1-8,16-19,23H,10-11H2. The second kappa shape index (κ2) is 7.91. The monoisotopic (exact) mass is 395 g/mol. The number of phenols is 1. The summed E-state index contributed by atoms with van der Waals surface area (Å²) in [5.74, 6) is -1.05.